The Morgan fingerprint density at radius 1 is 1.44 bits per heavy atom. The molecule has 5 heteroatoms. The Kier molecular flexibility index (Phi) is 2.09. The van der Waals surface area contributed by atoms with Gasteiger partial charge in [-0.15, -0.1) is 0 Å². The lowest BCUT2D eigenvalue weighted by atomic mass is 9.90. The van der Waals surface area contributed by atoms with Crippen molar-refractivity contribution in [1.82, 2.24) is 5.32 Å². The van der Waals surface area contributed by atoms with Gasteiger partial charge in [0.15, 0.2) is 5.60 Å². The lowest BCUT2D eigenvalue weighted by molar-refractivity contribution is 0.0278. The van der Waals surface area contributed by atoms with Crippen LogP contribution in [0.25, 0.3) is 0 Å². The standard InChI is InChI=1S/C11H11ClN2O2/c12-7-1-2-9-8(5-7)11(3-4-13-6-11)16-10(15)14-9/h1-2,5,13H,3-4,6H2,(H,14,15). The highest BCUT2D eigenvalue weighted by molar-refractivity contribution is 6.30. The van der Waals surface area contributed by atoms with E-state index >= 15 is 0 Å². The van der Waals surface area contributed by atoms with Gasteiger partial charge in [-0.1, -0.05) is 11.6 Å². The summed E-state index contributed by atoms with van der Waals surface area (Å²) in [5.41, 5.74) is 1.22. The number of fused-ring (bicyclic) bond motifs is 2. The van der Waals surface area contributed by atoms with Gasteiger partial charge in [0.1, 0.15) is 0 Å². The molecule has 1 saturated heterocycles. The van der Waals surface area contributed by atoms with Crippen LogP contribution in [0.15, 0.2) is 18.2 Å². The molecule has 1 unspecified atom stereocenters. The molecular formula is C11H11ClN2O2. The van der Waals surface area contributed by atoms with Crippen LogP contribution in [0.2, 0.25) is 5.02 Å². The lowest BCUT2D eigenvalue weighted by Gasteiger charge is -2.34. The van der Waals surface area contributed by atoms with E-state index in [1.54, 1.807) is 6.07 Å². The average Bonchev–Trinajstić information content (AvgIpc) is 2.69. The van der Waals surface area contributed by atoms with Crippen LogP contribution >= 0.6 is 11.6 Å². The van der Waals surface area contributed by atoms with E-state index in [0.29, 0.717) is 11.6 Å². The first-order chi connectivity index (χ1) is 7.70. The summed E-state index contributed by atoms with van der Waals surface area (Å²) in [6.07, 6.45) is 0.395. The van der Waals surface area contributed by atoms with Crippen LogP contribution in [-0.2, 0) is 10.3 Å². The minimum Gasteiger partial charge on any atom is -0.436 e. The van der Waals surface area contributed by atoms with Crippen molar-refractivity contribution in [3.05, 3.63) is 28.8 Å². The third-order valence-corrected chi connectivity index (χ3v) is 3.35. The van der Waals surface area contributed by atoms with Gasteiger partial charge in [-0.05, 0) is 24.7 Å². The molecule has 0 radical (unpaired) electrons. The predicted molar refractivity (Wildman–Crippen MR) is 60.7 cm³/mol. The van der Waals surface area contributed by atoms with E-state index in [2.05, 4.69) is 10.6 Å². The van der Waals surface area contributed by atoms with Crippen LogP contribution in [0, 0.1) is 0 Å². The number of anilines is 1. The molecule has 1 amide bonds. The third-order valence-electron chi connectivity index (χ3n) is 3.11. The van der Waals surface area contributed by atoms with Gasteiger partial charge in [0.05, 0.1) is 5.69 Å². The summed E-state index contributed by atoms with van der Waals surface area (Å²) >= 11 is 5.99. The Balaban J connectivity index is 2.16. The van der Waals surface area contributed by atoms with Crippen molar-refractivity contribution in [3.8, 4) is 0 Å². The van der Waals surface area contributed by atoms with Crippen LogP contribution in [0.5, 0.6) is 0 Å². The number of hydrogen-bond acceptors (Lipinski definition) is 3. The monoisotopic (exact) mass is 238 g/mol. The number of nitrogens with one attached hydrogen (secondary N) is 2. The fraction of sp³-hybridized carbons (Fsp3) is 0.364. The van der Waals surface area contributed by atoms with Gasteiger partial charge in [-0.3, -0.25) is 5.32 Å². The summed E-state index contributed by atoms with van der Waals surface area (Å²) in [7, 11) is 0. The topological polar surface area (TPSA) is 50.4 Å². The van der Waals surface area contributed by atoms with Crippen LogP contribution in [0.1, 0.15) is 12.0 Å². The van der Waals surface area contributed by atoms with Crippen molar-refractivity contribution in [3.63, 3.8) is 0 Å². The fourth-order valence-corrected chi connectivity index (χ4v) is 2.53. The Morgan fingerprint density at radius 2 is 2.31 bits per heavy atom. The van der Waals surface area contributed by atoms with Crippen molar-refractivity contribution < 1.29 is 9.53 Å². The summed E-state index contributed by atoms with van der Waals surface area (Å²) < 4.78 is 5.45. The highest BCUT2D eigenvalue weighted by atomic mass is 35.5. The van der Waals surface area contributed by atoms with Crippen molar-refractivity contribution in [1.29, 1.82) is 0 Å². The summed E-state index contributed by atoms with van der Waals surface area (Å²) in [5.74, 6) is 0. The van der Waals surface area contributed by atoms with E-state index in [0.717, 1.165) is 24.2 Å². The number of halogens is 1. The van der Waals surface area contributed by atoms with E-state index in [9.17, 15) is 4.79 Å². The molecule has 1 aromatic carbocycles. The maximum Gasteiger partial charge on any atom is 0.412 e. The molecule has 2 heterocycles. The molecular weight excluding hydrogens is 228 g/mol. The number of rotatable bonds is 0. The first-order valence-electron chi connectivity index (χ1n) is 5.20. The summed E-state index contributed by atoms with van der Waals surface area (Å²) in [6, 6.07) is 5.45. The maximum atomic E-state index is 11.5. The molecule has 1 atom stereocenters. The number of amides is 1. The van der Waals surface area contributed by atoms with Gasteiger partial charge in [0.25, 0.3) is 0 Å². The second kappa shape index (κ2) is 3.37. The first-order valence-corrected chi connectivity index (χ1v) is 5.58. The molecule has 1 spiro atoms. The molecule has 4 nitrogen and oxygen atoms in total. The third kappa shape index (κ3) is 1.37. The van der Waals surface area contributed by atoms with Crippen molar-refractivity contribution in [2.75, 3.05) is 18.4 Å². The van der Waals surface area contributed by atoms with E-state index in [1.165, 1.54) is 0 Å². The number of carbonyl (C=O) groups excluding carboxylic acids is 1. The van der Waals surface area contributed by atoms with E-state index in [-0.39, 0.29) is 0 Å². The van der Waals surface area contributed by atoms with Gasteiger partial charge >= 0.3 is 6.09 Å². The highest BCUT2D eigenvalue weighted by Gasteiger charge is 2.44. The van der Waals surface area contributed by atoms with Gasteiger partial charge < -0.3 is 10.1 Å². The Hall–Kier alpha value is -1.26. The van der Waals surface area contributed by atoms with E-state index in [1.807, 2.05) is 12.1 Å². The van der Waals surface area contributed by atoms with Gasteiger partial charge in [0, 0.05) is 23.6 Å². The zero-order valence-electron chi connectivity index (χ0n) is 8.55. The Labute approximate surface area is 97.9 Å². The van der Waals surface area contributed by atoms with Crippen LogP contribution < -0.4 is 10.6 Å². The lowest BCUT2D eigenvalue weighted by Crippen LogP contribution is -2.41. The van der Waals surface area contributed by atoms with E-state index < -0.39 is 11.7 Å². The molecule has 0 bridgehead atoms. The molecule has 2 aliphatic rings. The quantitative estimate of drug-likeness (QED) is 0.728. The van der Waals surface area contributed by atoms with Crippen LogP contribution in [-0.4, -0.2) is 19.2 Å². The molecule has 84 valence electrons. The fourth-order valence-electron chi connectivity index (χ4n) is 2.36. The summed E-state index contributed by atoms with van der Waals surface area (Å²) in [6.45, 7) is 1.49. The molecule has 0 aliphatic carbocycles. The molecule has 1 fully saturated rings. The van der Waals surface area contributed by atoms with Crippen LogP contribution in [0.3, 0.4) is 0 Å². The number of hydrogen-bond donors (Lipinski definition) is 2. The number of carbonyl (C=O) groups is 1. The minimum absolute atomic E-state index is 0.390. The second-order valence-corrected chi connectivity index (χ2v) is 4.56. The average molecular weight is 239 g/mol. The molecule has 2 aliphatic heterocycles. The number of benzene rings is 1. The summed E-state index contributed by atoms with van der Waals surface area (Å²) in [5, 5.41) is 6.56. The van der Waals surface area contributed by atoms with Gasteiger partial charge in [0.2, 0.25) is 0 Å². The SMILES string of the molecule is O=C1Nc2ccc(Cl)cc2C2(CCNC2)O1. The number of ether oxygens (including phenoxy) is 1. The highest BCUT2D eigenvalue weighted by Crippen LogP contribution is 2.41. The second-order valence-electron chi connectivity index (χ2n) is 4.13. The maximum absolute atomic E-state index is 11.5. The smallest absolute Gasteiger partial charge is 0.412 e. The predicted octanol–water partition coefficient (Wildman–Crippen LogP) is 2.09. The molecule has 3 rings (SSSR count). The van der Waals surface area contributed by atoms with Gasteiger partial charge in [-0.2, -0.15) is 0 Å². The molecule has 0 saturated carbocycles. The molecule has 1 aromatic rings. The first kappa shape index (κ1) is 9.93. The molecule has 2 N–H and O–H groups in total. The van der Waals surface area contributed by atoms with Crippen LogP contribution in [0.4, 0.5) is 10.5 Å². The zero-order chi connectivity index (χ0) is 11.2. The van der Waals surface area contributed by atoms with Gasteiger partial charge in [-0.25, -0.2) is 4.79 Å². The molecule has 16 heavy (non-hydrogen) atoms. The zero-order valence-corrected chi connectivity index (χ0v) is 9.30. The normalized spacial score (nSPS) is 27.4. The van der Waals surface area contributed by atoms with E-state index in [4.69, 9.17) is 16.3 Å². The largest absolute Gasteiger partial charge is 0.436 e. The Bertz CT molecular complexity index is 455. The summed E-state index contributed by atoms with van der Waals surface area (Å²) in [4.78, 5) is 11.5. The van der Waals surface area contributed by atoms with Crippen molar-refractivity contribution in [2.24, 2.45) is 0 Å². The van der Waals surface area contributed by atoms with Crippen molar-refractivity contribution >= 4 is 23.4 Å². The molecule has 0 aromatic heterocycles. The van der Waals surface area contributed by atoms with Crippen molar-refractivity contribution in [2.45, 2.75) is 12.0 Å². The Morgan fingerprint density at radius 3 is 3.06 bits per heavy atom. The minimum atomic E-state index is -0.539.